The highest BCUT2D eigenvalue weighted by Crippen LogP contribution is 2.32. The fraction of sp³-hybridized carbons (Fsp3) is 0.217. The summed E-state index contributed by atoms with van der Waals surface area (Å²) in [7, 11) is 0. The van der Waals surface area contributed by atoms with E-state index in [9.17, 15) is 19.2 Å². The van der Waals surface area contributed by atoms with Gasteiger partial charge in [0.15, 0.2) is 0 Å². The third kappa shape index (κ3) is 5.03. The van der Waals surface area contributed by atoms with E-state index in [-0.39, 0.29) is 17.4 Å². The molecule has 164 valence electrons. The molecule has 2 saturated heterocycles. The van der Waals surface area contributed by atoms with Crippen LogP contribution in [0, 0.1) is 0 Å². The molecule has 0 bridgehead atoms. The van der Waals surface area contributed by atoms with Gasteiger partial charge in [-0.05, 0) is 72.6 Å². The van der Waals surface area contributed by atoms with Crippen molar-refractivity contribution in [3.05, 3.63) is 69.6 Å². The maximum atomic E-state index is 12.6. The van der Waals surface area contributed by atoms with Gasteiger partial charge in [-0.2, -0.15) is 0 Å². The number of ether oxygens (including phenoxy) is 1. The number of carbonyl (C=O) groups excluding carboxylic acids is 4. The number of carbonyl (C=O) groups is 4. The molecule has 0 radical (unpaired) electrons. The van der Waals surface area contributed by atoms with Crippen molar-refractivity contribution in [1.82, 2.24) is 9.80 Å². The molecule has 4 rings (SSSR count). The monoisotopic (exact) mass is 470 g/mol. The van der Waals surface area contributed by atoms with Crippen LogP contribution < -0.4 is 4.74 Å². The summed E-state index contributed by atoms with van der Waals surface area (Å²) in [6.07, 6.45) is 3.47. The topological polar surface area (TPSA) is 84.0 Å². The van der Waals surface area contributed by atoms with E-state index in [2.05, 4.69) is 0 Å². The number of esters is 1. The Kier molecular flexibility index (Phi) is 6.62. The first-order valence-electron chi connectivity index (χ1n) is 10.0. The lowest BCUT2D eigenvalue weighted by atomic mass is 10.2. The van der Waals surface area contributed by atoms with Crippen LogP contribution >= 0.6 is 23.4 Å². The van der Waals surface area contributed by atoms with Crippen molar-refractivity contribution >= 4 is 52.5 Å². The summed E-state index contributed by atoms with van der Waals surface area (Å²) in [6, 6.07) is 12.9. The largest absolute Gasteiger partial charge is 0.423 e. The molecule has 0 spiro atoms. The van der Waals surface area contributed by atoms with E-state index in [1.54, 1.807) is 59.5 Å². The zero-order valence-electron chi connectivity index (χ0n) is 17.0. The number of amides is 3. The second-order valence-corrected chi connectivity index (χ2v) is 8.75. The normalized spacial score (nSPS) is 17.3. The summed E-state index contributed by atoms with van der Waals surface area (Å²) < 4.78 is 5.33. The molecular formula is C23H19ClN2O5S. The van der Waals surface area contributed by atoms with Gasteiger partial charge in [0.05, 0.1) is 10.5 Å². The summed E-state index contributed by atoms with van der Waals surface area (Å²) in [5, 5.41) is 0.0676. The Morgan fingerprint density at radius 3 is 2.31 bits per heavy atom. The van der Waals surface area contributed by atoms with Crippen molar-refractivity contribution in [2.75, 3.05) is 19.6 Å². The lowest BCUT2D eigenvalue weighted by Gasteiger charge is -2.18. The van der Waals surface area contributed by atoms with Crippen LogP contribution in [0.2, 0.25) is 5.02 Å². The molecule has 2 aromatic carbocycles. The first kappa shape index (κ1) is 22.1. The lowest BCUT2D eigenvalue weighted by molar-refractivity contribution is -0.135. The molecule has 0 atom stereocenters. The summed E-state index contributed by atoms with van der Waals surface area (Å²) in [5.74, 6) is -0.867. The van der Waals surface area contributed by atoms with Crippen molar-refractivity contribution in [3.63, 3.8) is 0 Å². The average Bonchev–Trinajstić information content (AvgIpc) is 3.41. The summed E-state index contributed by atoms with van der Waals surface area (Å²) >= 11 is 6.63. The maximum Gasteiger partial charge on any atom is 0.343 e. The molecule has 2 aliphatic heterocycles. The number of imide groups is 1. The van der Waals surface area contributed by atoms with Gasteiger partial charge in [-0.15, -0.1) is 0 Å². The minimum atomic E-state index is -0.516. The Morgan fingerprint density at radius 2 is 1.66 bits per heavy atom. The molecule has 0 unspecified atom stereocenters. The molecule has 0 aliphatic carbocycles. The zero-order chi connectivity index (χ0) is 22.7. The van der Waals surface area contributed by atoms with E-state index in [1.807, 2.05) is 0 Å². The number of halogens is 1. The minimum Gasteiger partial charge on any atom is -0.423 e. The lowest BCUT2D eigenvalue weighted by Crippen LogP contribution is -2.40. The summed E-state index contributed by atoms with van der Waals surface area (Å²) in [6.45, 7) is 1.10. The van der Waals surface area contributed by atoms with Gasteiger partial charge in [-0.1, -0.05) is 23.7 Å². The third-order valence-electron chi connectivity index (χ3n) is 5.09. The van der Waals surface area contributed by atoms with Crippen molar-refractivity contribution in [1.29, 1.82) is 0 Å². The van der Waals surface area contributed by atoms with Crippen LogP contribution in [0.25, 0.3) is 6.08 Å². The highest BCUT2D eigenvalue weighted by Gasteiger charge is 2.37. The molecule has 0 aromatic heterocycles. The Balaban J connectivity index is 1.39. The standard InChI is InChI=1S/C23H19ClN2O5S/c24-17-7-5-16(6-8-17)22(29)31-18-9-3-15(4-10-18)13-19-21(28)26(23(30)32-19)14-20(27)25-11-1-2-12-25/h3-10,13H,1-2,11-12,14H2/b19-13-. The number of likely N-dealkylation sites (tertiary alicyclic amines) is 1. The Morgan fingerprint density at radius 1 is 1.00 bits per heavy atom. The van der Waals surface area contributed by atoms with E-state index in [1.165, 1.54) is 0 Å². The van der Waals surface area contributed by atoms with Gasteiger partial charge in [-0.3, -0.25) is 19.3 Å². The summed E-state index contributed by atoms with van der Waals surface area (Å²) in [4.78, 5) is 52.3. The summed E-state index contributed by atoms with van der Waals surface area (Å²) in [5.41, 5.74) is 1.03. The number of thioether (sulfide) groups is 1. The zero-order valence-corrected chi connectivity index (χ0v) is 18.5. The maximum absolute atomic E-state index is 12.6. The molecule has 3 amide bonds. The van der Waals surface area contributed by atoms with Crippen molar-refractivity contribution in [2.24, 2.45) is 0 Å². The number of rotatable bonds is 5. The minimum absolute atomic E-state index is 0.210. The molecule has 9 heteroatoms. The second-order valence-electron chi connectivity index (χ2n) is 7.32. The van der Waals surface area contributed by atoms with Crippen molar-refractivity contribution in [2.45, 2.75) is 12.8 Å². The van der Waals surface area contributed by atoms with Gasteiger partial charge in [0.2, 0.25) is 5.91 Å². The van der Waals surface area contributed by atoms with Crippen LogP contribution in [0.15, 0.2) is 53.4 Å². The smallest absolute Gasteiger partial charge is 0.343 e. The predicted molar refractivity (Wildman–Crippen MR) is 121 cm³/mol. The first-order chi connectivity index (χ1) is 15.4. The van der Waals surface area contributed by atoms with Crippen LogP contribution in [-0.4, -0.2) is 52.5 Å². The molecular weight excluding hydrogens is 452 g/mol. The molecule has 0 saturated carbocycles. The Bertz CT molecular complexity index is 1090. The Labute approximate surface area is 194 Å². The van der Waals surface area contributed by atoms with Crippen LogP contribution in [0.4, 0.5) is 4.79 Å². The van der Waals surface area contributed by atoms with Crippen LogP contribution in [0.5, 0.6) is 5.75 Å². The van der Waals surface area contributed by atoms with Crippen molar-refractivity contribution in [3.8, 4) is 5.75 Å². The quantitative estimate of drug-likeness (QED) is 0.369. The van der Waals surface area contributed by atoms with E-state index >= 15 is 0 Å². The van der Waals surface area contributed by atoms with E-state index in [4.69, 9.17) is 16.3 Å². The Hall–Kier alpha value is -3.10. The van der Waals surface area contributed by atoms with Gasteiger partial charge < -0.3 is 9.64 Å². The van der Waals surface area contributed by atoms with Crippen LogP contribution in [0.1, 0.15) is 28.8 Å². The van der Waals surface area contributed by atoms with Crippen LogP contribution in [-0.2, 0) is 9.59 Å². The molecule has 0 N–H and O–H groups in total. The first-order valence-corrected chi connectivity index (χ1v) is 11.2. The number of nitrogens with zero attached hydrogens (tertiary/aromatic N) is 2. The second kappa shape index (κ2) is 9.58. The molecule has 2 aromatic rings. The fourth-order valence-electron chi connectivity index (χ4n) is 3.37. The fourth-order valence-corrected chi connectivity index (χ4v) is 4.34. The number of benzene rings is 2. The van der Waals surface area contributed by atoms with Gasteiger partial charge in [0.25, 0.3) is 11.1 Å². The van der Waals surface area contributed by atoms with Crippen molar-refractivity contribution < 1.29 is 23.9 Å². The predicted octanol–water partition coefficient (Wildman–Crippen LogP) is 4.22. The number of hydrogen-bond acceptors (Lipinski definition) is 6. The highest BCUT2D eigenvalue weighted by atomic mass is 35.5. The van der Waals surface area contributed by atoms with E-state index < -0.39 is 17.1 Å². The van der Waals surface area contributed by atoms with E-state index in [0.717, 1.165) is 29.5 Å². The van der Waals surface area contributed by atoms with E-state index in [0.29, 0.717) is 35.0 Å². The van der Waals surface area contributed by atoms with Gasteiger partial charge in [0, 0.05) is 18.1 Å². The number of hydrogen-bond donors (Lipinski definition) is 0. The van der Waals surface area contributed by atoms with Gasteiger partial charge in [-0.25, -0.2) is 4.79 Å². The molecule has 2 aliphatic rings. The SMILES string of the molecule is O=C(Oc1ccc(/C=C2\SC(=O)N(CC(=O)N3CCCC3)C2=O)cc1)c1ccc(Cl)cc1. The average molecular weight is 471 g/mol. The molecule has 32 heavy (non-hydrogen) atoms. The van der Waals surface area contributed by atoms with Gasteiger partial charge in [0.1, 0.15) is 12.3 Å². The molecule has 2 fully saturated rings. The molecule has 7 nitrogen and oxygen atoms in total. The van der Waals surface area contributed by atoms with Crippen LogP contribution in [0.3, 0.4) is 0 Å². The van der Waals surface area contributed by atoms with Gasteiger partial charge >= 0.3 is 5.97 Å². The highest BCUT2D eigenvalue weighted by molar-refractivity contribution is 8.18. The third-order valence-corrected chi connectivity index (χ3v) is 6.25. The molecule has 2 heterocycles.